The fourth-order valence-electron chi connectivity index (χ4n) is 3.87. The summed E-state index contributed by atoms with van der Waals surface area (Å²) in [6, 6.07) is 15.4. The smallest absolute Gasteiger partial charge is 0.255 e. The number of sulfonamides is 1. The minimum atomic E-state index is -3.60. The first-order valence-electron chi connectivity index (χ1n) is 10.7. The zero-order valence-electron chi connectivity index (χ0n) is 18.9. The summed E-state index contributed by atoms with van der Waals surface area (Å²) in [5.74, 6) is -1.48. The van der Waals surface area contributed by atoms with Crippen LogP contribution in [0, 0.1) is 5.82 Å². The summed E-state index contributed by atoms with van der Waals surface area (Å²) in [5.41, 5.74) is 0.116. The maximum absolute atomic E-state index is 14.9. The van der Waals surface area contributed by atoms with Gasteiger partial charge in [0.2, 0.25) is 10.0 Å². The lowest BCUT2D eigenvalue weighted by Gasteiger charge is -2.27. The van der Waals surface area contributed by atoms with E-state index in [9.17, 15) is 22.4 Å². The lowest BCUT2D eigenvalue weighted by molar-refractivity contribution is 0.0908. The number of H-pyrrole nitrogens is 1. The van der Waals surface area contributed by atoms with Gasteiger partial charge in [-0.1, -0.05) is 31.2 Å². The average Bonchev–Trinajstić information content (AvgIpc) is 2.79. The number of carbonyl (C=O) groups excluding carboxylic acids is 1. The van der Waals surface area contributed by atoms with Gasteiger partial charge in [0.25, 0.3) is 5.91 Å². The molecular formula is C25H24FN3O4S. The molecule has 3 aromatic carbocycles. The normalized spacial score (nSPS) is 12.2. The standard InChI is InChI=1S/C25H24FN3O4S/c1-4-27-34(32,33)16-11-9-15(10-12-16)25(2,3)29-24(31)18-14-22-19(13-20(18)26)23(30)17-7-5-6-8-21(17)28-22/h5-14,27H,4H2,1-3H3,(H,28,30)(H,29,31). The Morgan fingerprint density at radius 3 is 2.35 bits per heavy atom. The lowest BCUT2D eigenvalue weighted by atomic mass is 9.93. The van der Waals surface area contributed by atoms with Crippen molar-refractivity contribution in [2.75, 3.05) is 6.54 Å². The second-order valence-corrected chi connectivity index (χ2v) is 10.2. The number of fused-ring (bicyclic) bond motifs is 2. The minimum absolute atomic E-state index is 0.108. The molecule has 1 aromatic heterocycles. The van der Waals surface area contributed by atoms with Crippen molar-refractivity contribution >= 4 is 37.7 Å². The Labute approximate surface area is 196 Å². The van der Waals surface area contributed by atoms with Gasteiger partial charge in [-0.05, 0) is 55.8 Å². The number of pyridine rings is 1. The number of rotatable bonds is 6. The predicted molar refractivity (Wildman–Crippen MR) is 130 cm³/mol. The highest BCUT2D eigenvalue weighted by Gasteiger charge is 2.26. The average molecular weight is 482 g/mol. The maximum atomic E-state index is 14.9. The van der Waals surface area contributed by atoms with Crippen LogP contribution in [0.5, 0.6) is 0 Å². The van der Waals surface area contributed by atoms with Crippen molar-refractivity contribution in [1.29, 1.82) is 0 Å². The Hall–Kier alpha value is -3.56. The molecule has 0 unspecified atom stereocenters. The predicted octanol–water partition coefficient (Wildman–Crippen LogP) is 3.78. The summed E-state index contributed by atoms with van der Waals surface area (Å²) < 4.78 is 41.6. The summed E-state index contributed by atoms with van der Waals surface area (Å²) in [5, 5.41) is 3.39. The number of aromatic nitrogens is 1. The van der Waals surface area contributed by atoms with Gasteiger partial charge in [0.15, 0.2) is 5.43 Å². The van der Waals surface area contributed by atoms with Crippen molar-refractivity contribution in [3.8, 4) is 0 Å². The molecule has 7 nitrogen and oxygen atoms in total. The summed E-state index contributed by atoms with van der Waals surface area (Å²) in [7, 11) is -3.60. The largest absolute Gasteiger partial charge is 0.354 e. The molecule has 0 radical (unpaired) electrons. The second-order valence-electron chi connectivity index (χ2n) is 8.48. The van der Waals surface area contributed by atoms with E-state index in [1.54, 1.807) is 57.2 Å². The van der Waals surface area contributed by atoms with Crippen LogP contribution in [0.3, 0.4) is 0 Å². The molecule has 0 aliphatic rings. The Kier molecular flexibility index (Phi) is 6.01. The zero-order valence-corrected chi connectivity index (χ0v) is 19.7. The summed E-state index contributed by atoms with van der Waals surface area (Å²) in [4.78, 5) is 28.9. The molecular weight excluding hydrogens is 457 g/mol. The molecule has 34 heavy (non-hydrogen) atoms. The van der Waals surface area contributed by atoms with Gasteiger partial charge in [-0.3, -0.25) is 9.59 Å². The third-order valence-electron chi connectivity index (χ3n) is 5.68. The number of benzene rings is 3. The van der Waals surface area contributed by atoms with E-state index < -0.39 is 27.3 Å². The molecule has 1 heterocycles. The molecule has 0 aliphatic heterocycles. The van der Waals surface area contributed by atoms with Crippen molar-refractivity contribution in [2.45, 2.75) is 31.2 Å². The van der Waals surface area contributed by atoms with Crippen LogP contribution in [-0.2, 0) is 15.6 Å². The molecule has 0 saturated heterocycles. The van der Waals surface area contributed by atoms with Crippen molar-refractivity contribution in [3.63, 3.8) is 0 Å². The number of carbonyl (C=O) groups is 1. The first-order chi connectivity index (χ1) is 16.0. The van der Waals surface area contributed by atoms with E-state index in [1.807, 2.05) is 0 Å². The number of amides is 1. The van der Waals surface area contributed by atoms with Gasteiger partial charge in [0, 0.05) is 22.8 Å². The Balaban J connectivity index is 1.66. The van der Waals surface area contributed by atoms with Gasteiger partial charge in [0.1, 0.15) is 5.82 Å². The SMILES string of the molecule is CCNS(=O)(=O)c1ccc(C(C)(C)NC(=O)c2cc3[nH]c4ccccc4c(=O)c3cc2F)cc1. The number of aromatic amines is 1. The van der Waals surface area contributed by atoms with Gasteiger partial charge in [-0.2, -0.15) is 0 Å². The maximum Gasteiger partial charge on any atom is 0.255 e. The molecule has 0 fully saturated rings. The van der Waals surface area contributed by atoms with Crippen LogP contribution in [0.1, 0.15) is 36.7 Å². The molecule has 4 rings (SSSR count). The van der Waals surface area contributed by atoms with Crippen molar-refractivity contribution in [3.05, 3.63) is 87.8 Å². The fourth-order valence-corrected chi connectivity index (χ4v) is 4.91. The highest BCUT2D eigenvalue weighted by molar-refractivity contribution is 7.89. The summed E-state index contributed by atoms with van der Waals surface area (Å²) in [6.07, 6.45) is 0. The topological polar surface area (TPSA) is 108 Å². The first-order valence-corrected chi connectivity index (χ1v) is 12.2. The number of para-hydroxylation sites is 1. The van der Waals surface area contributed by atoms with E-state index in [2.05, 4.69) is 15.0 Å². The molecule has 0 bridgehead atoms. The lowest BCUT2D eigenvalue weighted by Crippen LogP contribution is -2.41. The van der Waals surface area contributed by atoms with Crippen LogP contribution in [0.2, 0.25) is 0 Å². The molecule has 3 N–H and O–H groups in total. The molecule has 0 saturated carbocycles. The molecule has 0 aliphatic carbocycles. The van der Waals surface area contributed by atoms with E-state index in [4.69, 9.17) is 0 Å². The Morgan fingerprint density at radius 1 is 1.00 bits per heavy atom. The van der Waals surface area contributed by atoms with E-state index in [0.717, 1.165) is 6.07 Å². The monoisotopic (exact) mass is 481 g/mol. The highest BCUT2D eigenvalue weighted by atomic mass is 32.2. The van der Waals surface area contributed by atoms with Gasteiger partial charge in [0.05, 0.1) is 21.5 Å². The van der Waals surface area contributed by atoms with Gasteiger partial charge in [-0.15, -0.1) is 0 Å². The molecule has 1 amide bonds. The molecule has 0 spiro atoms. The van der Waals surface area contributed by atoms with Crippen LogP contribution in [0.15, 0.2) is 70.4 Å². The highest BCUT2D eigenvalue weighted by Crippen LogP contribution is 2.24. The number of hydrogen-bond donors (Lipinski definition) is 3. The van der Waals surface area contributed by atoms with Crippen LogP contribution < -0.4 is 15.5 Å². The molecule has 176 valence electrons. The number of nitrogens with one attached hydrogen (secondary N) is 3. The molecule has 0 atom stereocenters. The fraction of sp³-hybridized carbons (Fsp3) is 0.200. The number of hydrogen-bond acceptors (Lipinski definition) is 4. The van der Waals surface area contributed by atoms with Crippen LogP contribution in [0.25, 0.3) is 21.8 Å². The van der Waals surface area contributed by atoms with Crippen LogP contribution in [0.4, 0.5) is 4.39 Å². The van der Waals surface area contributed by atoms with E-state index in [1.165, 1.54) is 18.2 Å². The first kappa shape index (κ1) is 23.6. The minimum Gasteiger partial charge on any atom is -0.354 e. The van der Waals surface area contributed by atoms with Crippen LogP contribution >= 0.6 is 0 Å². The van der Waals surface area contributed by atoms with Crippen molar-refractivity contribution < 1.29 is 17.6 Å². The summed E-state index contributed by atoms with van der Waals surface area (Å²) >= 11 is 0. The second kappa shape index (κ2) is 8.66. The molecule has 4 aromatic rings. The summed E-state index contributed by atoms with van der Waals surface area (Å²) in [6.45, 7) is 5.42. The van der Waals surface area contributed by atoms with Gasteiger partial charge in [-0.25, -0.2) is 17.5 Å². The molecule has 9 heteroatoms. The van der Waals surface area contributed by atoms with E-state index in [0.29, 0.717) is 22.0 Å². The van der Waals surface area contributed by atoms with Crippen molar-refractivity contribution in [2.24, 2.45) is 0 Å². The van der Waals surface area contributed by atoms with Crippen LogP contribution in [-0.4, -0.2) is 25.9 Å². The zero-order chi connectivity index (χ0) is 24.7. The van der Waals surface area contributed by atoms with Gasteiger partial charge >= 0.3 is 0 Å². The third-order valence-corrected chi connectivity index (χ3v) is 7.25. The van der Waals surface area contributed by atoms with Gasteiger partial charge < -0.3 is 10.3 Å². The van der Waals surface area contributed by atoms with E-state index in [-0.39, 0.29) is 27.8 Å². The van der Waals surface area contributed by atoms with Crippen molar-refractivity contribution in [1.82, 2.24) is 15.0 Å². The van der Waals surface area contributed by atoms with E-state index >= 15 is 0 Å². The number of halogens is 1. The third kappa shape index (κ3) is 4.32. The Bertz CT molecular complexity index is 1580. The quantitative estimate of drug-likeness (QED) is 0.364. The Morgan fingerprint density at radius 2 is 1.68 bits per heavy atom.